The Labute approximate surface area is 107 Å². The molecule has 0 heterocycles. The zero-order valence-electron chi connectivity index (χ0n) is 11.0. The highest BCUT2D eigenvalue weighted by Crippen LogP contribution is 2.52. The second-order valence-corrected chi connectivity index (χ2v) is 6.09. The summed E-state index contributed by atoms with van der Waals surface area (Å²) in [5.41, 5.74) is 3.12. The van der Waals surface area contributed by atoms with E-state index in [0.717, 1.165) is 36.8 Å². The lowest BCUT2D eigenvalue weighted by atomic mass is 9.58. The number of ketones is 2. The summed E-state index contributed by atoms with van der Waals surface area (Å²) >= 11 is 0. The molecule has 0 saturated heterocycles. The number of fused-ring (bicyclic) bond motifs is 1. The van der Waals surface area contributed by atoms with Crippen molar-refractivity contribution in [2.45, 2.75) is 39.5 Å². The highest BCUT2D eigenvalue weighted by molar-refractivity contribution is 6.20. The highest BCUT2D eigenvalue weighted by atomic mass is 16.1. The Morgan fingerprint density at radius 1 is 1.17 bits per heavy atom. The van der Waals surface area contributed by atoms with E-state index in [1.165, 1.54) is 17.7 Å². The van der Waals surface area contributed by atoms with Gasteiger partial charge in [0, 0.05) is 11.1 Å². The minimum atomic E-state index is 0.0463. The molecule has 0 aliphatic heterocycles. The molecule has 3 rings (SSSR count). The van der Waals surface area contributed by atoms with E-state index in [4.69, 9.17) is 0 Å². The second kappa shape index (κ2) is 3.78. The summed E-state index contributed by atoms with van der Waals surface area (Å²) in [6.07, 6.45) is 8.91. The van der Waals surface area contributed by atoms with Crippen molar-refractivity contribution in [1.82, 2.24) is 0 Å². The fourth-order valence-corrected chi connectivity index (χ4v) is 3.79. The molecule has 0 bridgehead atoms. The molecule has 2 atom stereocenters. The molecule has 0 aromatic carbocycles. The Balaban J connectivity index is 2.06. The average molecular weight is 242 g/mol. The van der Waals surface area contributed by atoms with E-state index < -0.39 is 0 Å². The first-order valence-corrected chi connectivity index (χ1v) is 6.67. The molecule has 2 nitrogen and oxygen atoms in total. The van der Waals surface area contributed by atoms with Gasteiger partial charge in [-0.05, 0) is 56.1 Å². The fourth-order valence-electron chi connectivity index (χ4n) is 3.79. The second-order valence-electron chi connectivity index (χ2n) is 6.09. The van der Waals surface area contributed by atoms with Gasteiger partial charge in [0.1, 0.15) is 0 Å². The van der Waals surface area contributed by atoms with E-state index in [-0.39, 0.29) is 17.0 Å². The van der Waals surface area contributed by atoms with Crippen LogP contribution in [0.1, 0.15) is 39.5 Å². The van der Waals surface area contributed by atoms with Crippen molar-refractivity contribution in [3.8, 4) is 0 Å². The standard InChI is InChI=1S/C16H18O2/c1-10-4-3-7-16(2)9-12-11(8-13(10)16)14(17)5-6-15(12)18/h4-6,13H,3,7-9H2,1-2H3. The maximum Gasteiger partial charge on any atom is 0.182 e. The summed E-state index contributed by atoms with van der Waals surface area (Å²) in [6, 6.07) is 0. The normalized spacial score (nSPS) is 35.2. The molecular weight excluding hydrogens is 224 g/mol. The largest absolute Gasteiger partial charge is 0.290 e. The first-order chi connectivity index (χ1) is 8.51. The van der Waals surface area contributed by atoms with Crippen LogP contribution >= 0.6 is 0 Å². The van der Waals surface area contributed by atoms with Crippen molar-refractivity contribution in [1.29, 1.82) is 0 Å². The van der Waals surface area contributed by atoms with Gasteiger partial charge in [0.05, 0.1) is 0 Å². The molecule has 18 heavy (non-hydrogen) atoms. The van der Waals surface area contributed by atoms with Crippen molar-refractivity contribution in [3.63, 3.8) is 0 Å². The van der Waals surface area contributed by atoms with Gasteiger partial charge in [-0.1, -0.05) is 18.6 Å². The van der Waals surface area contributed by atoms with Crippen LogP contribution in [0.15, 0.2) is 34.9 Å². The number of allylic oxidation sites excluding steroid dienone is 6. The van der Waals surface area contributed by atoms with Crippen molar-refractivity contribution in [2.24, 2.45) is 11.3 Å². The Morgan fingerprint density at radius 2 is 1.83 bits per heavy atom. The monoisotopic (exact) mass is 242 g/mol. The first kappa shape index (κ1) is 11.6. The minimum absolute atomic E-state index is 0.0463. The molecular formula is C16H18O2. The van der Waals surface area contributed by atoms with Crippen molar-refractivity contribution >= 4 is 11.6 Å². The molecule has 2 heteroatoms. The Hall–Kier alpha value is -1.44. The fraction of sp³-hybridized carbons (Fsp3) is 0.500. The van der Waals surface area contributed by atoms with Crippen LogP contribution in [0.5, 0.6) is 0 Å². The van der Waals surface area contributed by atoms with Crippen LogP contribution in [0, 0.1) is 11.3 Å². The third-order valence-electron chi connectivity index (χ3n) is 4.91. The molecule has 3 aliphatic rings. The molecule has 0 radical (unpaired) electrons. The van der Waals surface area contributed by atoms with E-state index in [9.17, 15) is 9.59 Å². The van der Waals surface area contributed by atoms with Crippen molar-refractivity contribution in [2.75, 3.05) is 0 Å². The summed E-state index contributed by atoms with van der Waals surface area (Å²) < 4.78 is 0. The van der Waals surface area contributed by atoms with Gasteiger partial charge < -0.3 is 0 Å². The highest BCUT2D eigenvalue weighted by Gasteiger charge is 2.44. The molecule has 2 unspecified atom stereocenters. The van der Waals surface area contributed by atoms with E-state index in [0.29, 0.717) is 5.92 Å². The predicted octanol–water partition coefficient (Wildman–Crippen LogP) is 3.15. The molecule has 0 aromatic heterocycles. The summed E-state index contributed by atoms with van der Waals surface area (Å²) in [6.45, 7) is 4.44. The van der Waals surface area contributed by atoms with Crippen LogP contribution in [0.3, 0.4) is 0 Å². The Morgan fingerprint density at radius 3 is 2.56 bits per heavy atom. The van der Waals surface area contributed by atoms with Gasteiger partial charge in [0.15, 0.2) is 11.6 Å². The van der Waals surface area contributed by atoms with Gasteiger partial charge in [-0.15, -0.1) is 0 Å². The van der Waals surface area contributed by atoms with Gasteiger partial charge in [-0.3, -0.25) is 9.59 Å². The van der Waals surface area contributed by atoms with Crippen LogP contribution in [0.2, 0.25) is 0 Å². The van der Waals surface area contributed by atoms with Crippen LogP contribution < -0.4 is 0 Å². The van der Waals surface area contributed by atoms with E-state index in [2.05, 4.69) is 19.9 Å². The SMILES string of the molecule is CC1=CCCC2(C)CC3=C(CC12)C(=O)C=CC3=O. The van der Waals surface area contributed by atoms with Crippen LogP contribution in [0.4, 0.5) is 0 Å². The topological polar surface area (TPSA) is 34.1 Å². The van der Waals surface area contributed by atoms with E-state index in [1.807, 2.05) is 0 Å². The Kier molecular flexibility index (Phi) is 2.44. The third kappa shape index (κ3) is 1.55. The number of carbonyl (C=O) groups is 2. The van der Waals surface area contributed by atoms with Crippen molar-refractivity contribution < 1.29 is 9.59 Å². The average Bonchev–Trinajstić information content (AvgIpc) is 2.33. The summed E-state index contributed by atoms with van der Waals surface area (Å²) in [7, 11) is 0. The lowest BCUT2D eigenvalue weighted by molar-refractivity contribution is -0.116. The third-order valence-corrected chi connectivity index (χ3v) is 4.91. The number of rotatable bonds is 0. The number of carbonyl (C=O) groups excluding carboxylic acids is 2. The maximum atomic E-state index is 12.0. The lowest BCUT2D eigenvalue weighted by Crippen LogP contribution is -2.38. The maximum absolute atomic E-state index is 12.0. The van der Waals surface area contributed by atoms with Gasteiger partial charge in [0.25, 0.3) is 0 Å². The molecule has 94 valence electrons. The van der Waals surface area contributed by atoms with E-state index in [1.54, 1.807) is 0 Å². The molecule has 3 aliphatic carbocycles. The van der Waals surface area contributed by atoms with Gasteiger partial charge >= 0.3 is 0 Å². The van der Waals surface area contributed by atoms with Crippen LogP contribution in [0.25, 0.3) is 0 Å². The zero-order chi connectivity index (χ0) is 12.9. The van der Waals surface area contributed by atoms with E-state index >= 15 is 0 Å². The van der Waals surface area contributed by atoms with Gasteiger partial charge in [-0.2, -0.15) is 0 Å². The van der Waals surface area contributed by atoms with Gasteiger partial charge in [0.2, 0.25) is 0 Å². The Bertz CT molecular complexity index is 533. The lowest BCUT2D eigenvalue weighted by Gasteiger charge is -2.46. The summed E-state index contributed by atoms with van der Waals surface area (Å²) in [5.74, 6) is 0.537. The molecule has 0 aromatic rings. The summed E-state index contributed by atoms with van der Waals surface area (Å²) in [5, 5.41) is 0. The predicted molar refractivity (Wildman–Crippen MR) is 70.0 cm³/mol. The first-order valence-electron chi connectivity index (χ1n) is 6.67. The minimum Gasteiger partial charge on any atom is -0.290 e. The molecule has 0 amide bonds. The zero-order valence-corrected chi connectivity index (χ0v) is 11.0. The smallest absolute Gasteiger partial charge is 0.182 e. The summed E-state index contributed by atoms with van der Waals surface area (Å²) in [4.78, 5) is 23.9. The van der Waals surface area contributed by atoms with Crippen LogP contribution in [-0.2, 0) is 9.59 Å². The molecule has 0 spiro atoms. The molecule has 0 saturated carbocycles. The quantitative estimate of drug-likeness (QED) is 0.483. The molecule has 0 N–H and O–H groups in total. The number of hydrogen-bond donors (Lipinski definition) is 0. The number of hydrogen-bond acceptors (Lipinski definition) is 2. The van der Waals surface area contributed by atoms with Gasteiger partial charge in [-0.25, -0.2) is 0 Å². The van der Waals surface area contributed by atoms with Crippen LogP contribution in [-0.4, -0.2) is 11.6 Å². The molecule has 0 fully saturated rings. The van der Waals surface area contributed by atoms with Crippen molar-refractivity contribution in [3.05, 3.63) is 34.9 Å².